The van der Waals surface area contributed by atoms with Crippen molar-refractivity contribution in [3.05, 3.63) is 0 Å². The molecular weight excluding hydrogens is 94.1 g/mol. The standard InChI is InChI=1S/C3H9NOSi/c1-3(2)4-5-6/h1-2,6H3. The molecule has 0 aliphatic rings. The molecule has 0 aliphatic heterocycles. The predicted octanol–water partition coefficient (Wildman–Crippen LogP) is -0.321. The Morgan fingerprint density at radius 1 is 1.67 bits per heavy atom. The molecule has 0 rings (SSSR count). The van der Waals surface area contributed by atoms with E-state index in [1.54, 1.807) is 0 Å². The van der Waals surface area contributed by atoms with Crippen molar-refractivity contribution in [3.63, 3.8) is 0 Å². The summed E-state index contributed by atoms with van der Waals surface area (Å²) in [5.41, 5.74) is 0.977. The number of rotatable bonds is 1. The number of hydrogen-bond acceptors (Lipinski definition) is 2. The molecule has 0 heterocycles. The van der Waals surface area contributed by atoms with Crippen molar-refractivity contribution >= 4 is 16.2 Å². The van der Waals surface area contributed by atoms with Gasteiger partial charge in [0.1, 0.15) is 0 Å². The minimum Gasteiger partial charge on any atom is -0.467 e. The Hall–Kier alpha value is -0.313. The molecule has 0 saturated carbocycles. The van der Waals surface area contributed by atoms with Gasteiger partial charge in [0.15, 0.2) is 0 Å². The molecule has 0 aromatic carbocycles. The summed E-state index contributed by atoms with van der Waals surface area (Å²) in [6, 6.07) is 0. The van der Waals surface area contributed by atoms with Crippen LogP contribution in [0.2, 0.25) is 0 Å². The Kier molecular flexibility index (Phi) is 2.75. The van der Waals surface area contributed by atoms with Crippen molar-refractivity contribution in [2.24, 2.45) is 5.16 Å². The summed E-state index contributed by atoms with van der Waals surface area (Å²) in [7, 11) is 0.699. The first-order chi connectivity index (χ1) is 2.77. The highest BCUT2D eigenvalue weighted by atomic mass is 28.2. The minimum atomic E-state index is 0.699. The molecular formula is C3H9NOSi. The molecule has 0 atom stereocenters. The van der Waals surface area contributed by atoms with Crippen LogP contribution in [0, 0.1) is 0 Å². The van der Waals surface area contributed by atoms with Gasteiger partial charge >= 0.3 is 0 Å². The van der Waals surface area contributed by atoms with Gasteiger partial charge in [0, 0.05) is 5.71 Å². The van der Waals surface area contributed by atoms with Crippen molar-refractivity contribution in [1.82, 2.24) is 0 Å². The van der Waals surface area contributed by atoms with Crippen LogP contribution in [0.25, 0.3) is 0 Å². The third kappa shape index (κ3) is 3.69. The largest absolute Gasteiger partial charge is 0.467 e. The first-order valence-corrected chi connectivity index (χ1v) is 2.63. The van der Waals surface area contributed by atoms with Crippen LogP contribution in [0.5, 0.6) is 0 Å². The van der Waals surface area contributed by atoms with Crippen LogP contribution in [0.1, 0.15) is 13.8 Å². The van der Waals surface area contributed by atoms with Gasteiger partial charge in [-0.15, -0.1) is 5.16 Å². The minimum absolute atomic E-state index is 0.699. The summed E-state index contributed by atoms with van der Waals surface area (Å²) in [5.74, 6) is 0. The van der Waals surface area contributed by atoms with E-state index in [1.807, 2.05) is 13.8 Å². The Balaban J connectivity index is 3.14. The smallest absolute Gasteiger partial charge is 0.242 e. The van der Waals surface area contributed by atoms with E-state index in [-0.39, 0.29) is 0 Å². The van der Waals surface area contributed by atoms with E-state index in [0.29, 0.717) is 10.5 Å². The zero-order valence-corrected chi connectivity index (χ0v) is 6.36. The Morgan fingerprint density at radius 3 is 2.17 bits per heavy atom. The molecule has 0 spiro atoms. The van der Waals surface area contributed by atoms with Gasteiger partial charge in [0.2, 0.25) is 10.5 Å². The summed E-state index contributed by atoms with van der Waals surface area (Å²) in [5, 5.41) is 3.60. The second-order valence-electron chi connectivity index (χ2n) is 1.22. The van der Waals surface area contributed by atoms with Gasteiger partial charge in [-0.2, -0.15) is 0 Å². The van der Waals surface area contributed by atoms with Crippen LogP contribution in [-0.2, 0) is 4.53 Å². The molecule has 2 nitrogen and oxygen atoms in total. The molecule has 36 valence electrons. The maximum Gasteiger partial charge on any atom is 0.242 e. The number of oxime groups is 1. The molecule has 0 unspecified atom stereocenters. The fraction of sp³-hybridized carbons (Fsp3) is 0.667. The SMILES string of the molecule is CC(C)=NO[SiH3]. The third-order valence-electron chi connectivity index (χ3n) is 0.274. The van der Waals surface area contributed by atoms with Crippen molar-refractivity contribution in [2.75, 3.05) is 0 Å². The Morgan fingerprint density at radius 2 is 2.17 bits per heavy atom. The van der Waals surface area contributed by atoms with E-state index in [9.17, 15) is 0 Å². The highest BCUT2D eigenvalue weighted by Crippen LogP contribution is 1.70. The second-order valence-corrected chi connectivity index (χ2v) is 1.59. The normalized spacial score (nSPS) is 7.67. The lowest BCUT2D eigenvalue weighted by Crippen LogP contribution is -1.80. The quantitative estimate of drug-likeness (QED) is 0.253. The van der Waals surface area contributed by atoms with Crippen LogP contribution in [0.4, 0.5) is 0 Å². The molecule has 0 saturated heterocycles. The molecule has 0 radical (unpaired) electrons. The lowest BCUT2D eigenvalue weighted by molar-refractivity contribution is 0.377. The molecule has 0 bridgehead atoms. The molecule has 0 aromatic heterocycles. The van der Waals surface area contributed by atoms with Crippen molar-refractivity contribution in [1.29, 1.82) is 0 Å². The van der Waals surface area contributed by atoms with Gasteiger partial charge in [-0.05, 0) is 13.8 Å². The molecule has 0 fully saturated rings. The first kappa shape index (κ1) is 5.69. The fourth-order valence-electron chi connectivity index (χ4n) is 0.183. The van der Waals surface area contributed by atoms with Gasteiger partial charge in [-0.25, -0.2) is 0 Å². The highest BCUT2D eigenvalue weighted by molar-refractivity contribution is 5.98. The average molecular weight is 103 g/mol. The summed E-state index contributed by atoms with van der Waals surface area (Å²) in [4.78, 5) is 0. The van der Waals surface area contributed by atoms with Crippen molar-refractivity contribution < 1.29 is 4.53 Å². The molecule has 0 aromatic rings. The van der Waals surface area contributed by atoms with Crippen LogP contribution >= 0.6 is 0 Å². The third-order valence-corrected chi connectivity index (χ3v) is 0.456. The van der Waals surface area contributed by atoms with Gasteiger partial charge in [0.25, 0.3) is 0 Å². The first-order valence-electron chi connectivity index (χ1n) is 1.81. The topological polar surface area (TPSA) is 21.6 Å². The van der Waals surface area contributed by atoms with E-state index in [1.165, 1.54) is 0 Å². The van der Waals surface area contributed by atoms with Gasteiger partial charge < -0.3 is 4.53 Å². The molecule has 3 heteroatoms. The van der Waals surface area contributed by atoms with Gasteiger partial charge in [0.05, 0.1) is 0 Å². The van der Waals surface area contributed by atoms with E-state index in [0.717, 1.165) is 5.71 Å². The molecule has 0 aliphatic carbocycles. The van der Waals surface area contributed by atoms with E-state index >= 15 is 0 Å². The van der Waals surface area contributed by atoms with Gasteiger partial charge in [-0.3, -0.25) is 0 Å². The van der Waals surface area contributed by atoms with Crippen LogP contribution < -0.4 is 0 Å². The van der Waals surface area contributed by atoms with E-state index < -0.39 is 0 Å². The van der Waals surface area contributed by atoms with E-state index in [4.69, 9.17) is 0 Å². The molecule has 6 heavy (non-hydrogen) atoms. The van der Waals surface area contributed by atoms with Crippen molar-refractivity contribution in [3.8, 4) is 0 Å². The number of hydrogen-bond donors (Lipinski definition) is 0. The summed E-state index contributed by atoms with van der Waals surface area (Å²) < 4.78 is 4.53. The zero-order chi connectivity index (χ0) is 4.99. The summed E-state index contributed by atoms with van der Waals surface area (Å²) in [6.07, 6.45) is 0. The average Bonchev–Trinajstić information content (AvgIpc) is 1.35. The highest BCUT2D eigenvalue weighted by Gasteiger charge is 1.68. The summed E-state index contributed by atoms with van der Waals surface area (Å²) >= 11 is 0. The summed E-state index contributed by atoms with van der Waals surface area (Å²) in [6.45, 7) is 3.80. The molecule has 0 N–H and O–H groups in total. The van der Waals surface area contributed by atoms with Gasteiger partial charge in [-0.1, -0.05) is 0 Å². The maximum atomic E-state index is 4.53. The monoisotopic (exact) mass is 103 g/mol. The Bertz CT molecular complexity index is 57.8. The van der Waals surface area contributed by atoms with Crippen LogP contribution in [0.15, 0.2) is 5.16 Å². The lowest BCUT2D eigenvalue weighted by Gasteiger charge is -1.85. The fourth-order valence-corrected chi connectivity index (χ4v) is 0.548. The maximum absolute atomic E-state index is 4.53. The van der Waals surface area contributed by atoms with Crippen LogP contribution in [-0.4, -0.2) is 16.2 Å². The lowest BCUT2D eigenvalue weighted by atomic mass is 10.5. The second kappa shape index (κ2) is 2.90. The van der Waals surface area contributed by atoms with Crippen LogP contribution in [0.3, 0.4) is 0 Å². The molecule has 0 amide bonds. The Labute approximate surface area is 40.7 Å². The number of nitrogens with zero attached hydrogens (tertiary/aromatic N) is 1. The van der Waals surface area contributed by atoms with E-state index in [2.05, 4.69) is 9.68 Å². The zero-order valence-electron chi connectivity index (χ0n) is 4.36. The predicted molar refractivity (Wildman–Crippen MR) is 29.8 cm³/mol. The van der Waals surface area contributed by atoms with Crippen molar-refractivity contribution in [2.45, 2.75) is 13.8 Å².